The second kappa shape index (κ2) is 4.79. The van der Waals surface area contributed by atoms with Gasteiger partial charge in [-0.05, 0) is 56.7 Å². The molecular formula is C17H26ClN. The second-order valence-electron chi connectivity index (χ2n) is 7.91. The number of halogens is 1. The maximum absolute atomic E-state index is 6.17. The van der Waals surface area contributed by atoms with Crippen molar-refractivity contribution < 1.29 is 0 Å². The highest BCUT2D eigenvalue weighted by Gasteiger charge is 2.50. The molecular weight excluding hydrogens is 254 g/mol. The molecule has 1 fully saturated rings. The van der Waals surface area contributed by atoms with Crippen molar-refractivity contribution in [3.63, 3.8) is 0 Å². The average Bonchev–Trinajstić information content (AvgIpc) is 2.22. The van der Waals surface area contributed by atoms with Gasteiger partial charge in [-0.3, -0.25) is 0 Å². The summed E-state index contributed by atoms with van der Waals surface area (Å²) in [5.74, 6) is 0. The molecule has 0 unspecified atom stereocenters. The molecule has 1 saturated carbocycles. The Balaban J connectivity index is 2.22. The monoisotopic (exact) mass is 279 g/mol. The van der Waals surface area contributed by atoms with Gasteiger partial charge in [0.15, 0.2) is 0 Å². The largest absolute Gasteiger partial charge is 0.311 e. The zero-order valence-corrected chi connectivity index (χ0v) is 13.6. The first-order valence-corrected chi connectivity index (χ1v) is 7.51. The van der Waals surface area contributed by atoms with E-state index in [1.165, 1.54) is 18.4 Å². The van der Waals surface area contributed by atoms with Crippen LogP contribution in [0.1, 0.15) is 53.0 Å². The van der Waals surface area contributed by atoms with Crippen LogP contribution < -0.4 is 5.32 Å². The van der Waals surface area contributed by atoms with E-state index in [4.69, 9.17) is 11.6 Å². The summed E-state index contributed by atoms with van der Waals surface area (Å²) in [4.78, 5) is 0. The third kappa shape index (κ3) is 3.52. The van der Waals surface area contributed by atoms with Crippen LogP contribution in [0, 0.1) is 5.41 Å². The third-order valence-corrected chi connectivity index (χ3v) is 4.26. The Bertz CT molecular complexity index is 449. The molecule has 2 heteroatoms. The van der Waals surface area contributed by atoms with Gasteiger partial charge >= 0.3 is 0 Å². The number of hydrogen-bond acceptors (Lipinski definition) is 1. The number of rotatable bonds is 3. The Morgan fingerprint density at radius 3 is 2.32 bits per heavy atom. The highest BCUT2D eigenvalue weighted by molar-refractivity contribution is 6.30. The lowest BCUT2D eigenvalue weighted by atomic mass is 9.52. The standard InChI is InChI=1S/C17H26ClN/c1-15(2,3)19-12-17(10-16(4,5)11-17)13-7-6-8-14(18)9-13/h6-9,19H,10-12H2,1-5H3. The number of benzene rings is 1. The molecule has 0 radical (unpaired) electrons. The molecule has 1 aromatic carbocycles. The molecule has 1 aliphatic carbocycles. The van der Waals surface area contributed by atoms with Gasteiger partial charge in [-0.15, -0.1) is 0 Å². The van der Waals surface area contributed by atoms with Gasteiger partial charge in [0.05, 0.1) is 0 Å². The Hall–Kier alpha value is -0.530. The van der Waals surface area contributed by atoms with Crippen molar-refractivity contribution in [2.24, 2.45) is 5.41 Å². The SMILES string of the molecule is CC1(C)CC(CNC(C)(C)C)(c2cccc(Cl)c2)C1. The first-order chi connectivity index (χ1) is 8.62. The lowest BCUT2D eigenvalue weighted by molar-refractivity contribution is 0.0512. The Kier molecular flexibility index (Phi) is 3.75. The summed E-state index contributed by atoms with van der Waals surface area (Å²) in [7, 11) is 0. The summed E-state index contributed by atoms with van der Waals surface area (Å²) in [5, 5.41) is 4.52. The van der Waals surface area contributed by atoms with Gasteiger partial charge in [-0.25, -0.2) is 0 Å². The van der Waals surface area contributed by atoms with E-state index in [0.717, 1.165) is 11.6 Å². The predicted molar refractivity (Wildman–Crippen MR) is 83.9 cm³/mol. The van der Waals surface area contributed by atoms with Crippen molar-refractivity contribution in [2.45, 2.75) is 58.4 Å². The zero-order valence-electron chi connectivity index (χ0n) is 12.8. The van der Waals surface area contributed by atoms with Gasteiger partial charge in [0.1, 0.15) is 0 Å². The smallest absolute Gasteiger partial charge is 0.0408 e. The van der Waals surface area contributed by atoms with Crippen LogP contribution in [-0.2, 0) is 5.41 Å². The second-order valence-corrected chi connectivity index (χ2v) is 8.35. The van der Waals surface area contributed by atoms with E-state index in [1.807, 2.05) is 6.07 Å². The van der Waals surface area contributed by atoms with Crippen molar-refractivity contribution in [3.05, 3.63) is 34.9 Å². The van der Waals surface area contributed by atoms with Gasteiger partial charge in [-0.1, -0.05) is 37.6 Å². The van der Waals surface area contributed by atoms with E-state index in [1.54, 1.807) is 0 Å². The molecule has 1 aliphatic rings. The van der Waals surface area contributed by atoms with Crippen LogP contribution in [0.15, 0.2) is 24.3 Å². The van der Waals surface area contributed by atoms with Gasteiger partial charge in [0.25, 0.3) is 0 Å². The zero-order chi connectivity index (χ0) is 14.3. The molecule has 1 nitrogen and oxygen atoms in total. The van der Waals surface area contributed by atoms with E-state index >= 15 is 0 Å². The summed E-state index contributed by atoms with van der Waals surface area (Å²) in [6.07, 6.45) is 2.45. The van der Waals surface area contributed by atoms with Gasteiger partial charge < -0.3 is 5.32 Å². The molecule has 0 amide bonds. The van der Waals surface area contributed by atoms with E-state index in [2.05, 4.69) is 58.1 Å². The van der Waals surface area contributed by atoms with Crippen LogP contribution in [0.4, 0.5) is 0 Å². The normalized spacial score (nSPS) is 20.9. The van der Waals surface area contributed by atoms with Crippen molar-refractivity contribution in [1.29, 1.82) is 0 Å². The molecule has 0 atom stereocenters. The van der Waals surface area contributed by atoms with Gasteiger partial charge in [-0.2, -0.15) is 0 Å². The number of hydrogen-bond donors (Lipinski definition) is 1. The van der Waals surface area contributed by atoms with Crippen molar-refractivity contribution in [2.75, 3.05) is 6.54 Å². The molecule has 0 aromatic heterocycles. The van der Waals surface area contributed by atoms with Crippen molar-refractivity contribution in [3.8, 4) is 0 Å². The quantitative estimate of drug-likeness (QED) is 0.839. The van der Waals surface area contributed by atoms with E-state index < -0.39 is 0 Å². The molecule has 0 aliphatic heterocycles. The first-order valence-electron chi connectivity index (χ1n) is 7.13. The third-order valence-electron chi connectivity index (χ3n) is 4.03. The summed E-state index contributed by atoms with van der Waals surface area (Å²) in [5.41, 5.74) is 2.24. The van der Waals surface area contributed by atoms with E-state index in [9.17, 15) is 0 Å². The minimum absolute atomic E-state index is 0.158. The minimum Gasteiger partial charge on any atom is -0.311 e. The highest BCUT2D eigenvalue weighted by Crippen LogP contribution is 2.55. The summed E-state index contributed by atoms with van der Waals surface area (Å²) in [6.45, 7) is 12.4. The fraction of sp³-hybridized carbons (Fsp3) is 0.647. The van der Waals surface area contributed by atoms with Crippen molar-refractivity contribution in [1.82, 2.24) is 5.32 Å². The highest BCUT2D eigenvalue weighted by atomic mass is 35.5. The Labute approximate surface area is 122 Å². The Morgan fingerprint density at radius 2 is 1.84 bits per heavy atom. The van der Waals surface area contributed by atoms with Gasteiger partial charge in [0.2, 0.25) is 0 Å². The fourth-order valence-electron chi connectivity index (χ4n) is 3.46. The molecule has 2 rings (SSSR count). The van der Waals surface area contributed by atoms with Crippen LogP contribution in [0.3, 0.4) is 0 Å². The minimum atomic E-state index is 0.158. The van der Waals surface area contributed by atoms with Crippen LogP contribution in [0.5, 0.6) is 0 Å². The van der Waals surface area contributed by atoms with Crippen molar-refractivity contribution >= 4 is 11.6 Å². The van der Waals surface area contributed by atoms with E-state index in [-0.39, 0.29) is 11.0 Å². The lowest BCUT2D eigenvalue weighted by Gasteiger charge is -2.55. The molecule has 0 bridgehead atoms. The molecule has 106 valence electrons. The van der Waals surface area contributed by atoms with Crippen LogP contribution in [0.2, 0.25) is 5.02 Å². The van der Waals surface area contributed by atoms with Crippen LogP contribution in [0.25, 0.3) is 0 Å². The molecule has 1 aromatic rings. The van der Waals surface area contributed by atoms with Crippen LogP contribution >= 0.6 is 11.6 Å². The van der Waals surface area contributed by atoms with Crippen LogP contribution in [-0.4, -0.2) is 12.1 Å². The predicted octanol–water partition coefficient (Wildman–Crippen LogP) is 4.79. The maximum atomic E-state index is 6.17. The molecule has 0 spiro atoms. The van der Waals surface area contributed by atoms with Gasteiger partial charge in [0, 0.05) is 22.5 Å². The summed E-state index contributed by atoms with van der Waals surface area (Å²) >= 11 is 6.17. The maximum Gasteiger partial charge on any atom is 0.0408 e. The lowest BCUT2D eigenvalue weighted by Crippen LogP contribution is -2.55. The fourth-order valence-corrected chi connectivity index (χ4v) is 3.65. The first kappa shape index (κ1) is 14.9. The average molecular weight is 280 g/mol. The molecule has 1 N–H and O–H groups in total. The number of nitrogens with one attached hydrogen (secondary N) is 1. The van der Waals surface area contributed by atoms with E-state index in [0.29, 0.717) is 5.41 Å². The summed E-state index contributed by atoms with van der Waals surface area (Å²) < 4.78 is 0. The Morgan fingerprint density at radius 1 is 1.21 bits per heavy atom. The molecule has 0 heterocycles. The topological polar surface area (TPSA) is 12.0 Å². The summed E-state index contributed by atoms with van der Waals surface area (Å²) in [6, 6.07) is 8.40. The molecule has 19 heavy (non-hydrogen) atoms. The molecule has 0 saturated heterocycles.